The highest BCUT2D eigenvalue weighted by Gasteiger charge is 2.67. The van der Waals surface area contributed by atoms with E-state index in [0.29, 0.717) is 25.7 Å². The number of rotatable bonds is 8. The second-order valence-electron chi connectivity index (χ2n) is 10.2. The summed E-state index contributed by atoms with van der Waals surface area (Å²) in [6.45, 7) is 1.66. The quantitative estimate of drug-likeness (QED) is 0.354. The van der Waals surface area contributed by atoms with E-state index in [4.69, 9.17) is 34.8 Å². The fourth-order valence-corrected chi connectivity index (χ4v) is 5.89. The Morgan fingerprint density at radius 3 is 2.18 bits per heavy atom. The first-order chi connectivity index (χ1) is 17.7. The van der Waals surface area contributed by atoms with Gasteiger partial charge in [0.1, 0.15) is 5.15 Å². The van der Waals surface area contributed by atoms with E-state index in [1.807, 2.05) is 0 Å². The number of carbonyl (C=O) groups is 3. The van der Waals surface area contributed by atoms with Gasteiger partial charge in [0.05, 0.1) is 50.3 Å². The highest BCUT2D eigenvalue weighted by atomic mass is 35.5. The standard InChI is InChI=1S/C24H24Cl3F3N4O4/c1-22(21(37)38)4-2-12(3-5-22)34-19(27)13(9-32-34)20(36)33-17(23(6-7-23)24(28,29)30)8-16(35)18-14(25)10-31-11-15(18)26/h9-12,17H,2-8H2,1H3,(H,33,36)(H,37,38). The first-order valence-corrected chi connectivity index (χ1v) is 13.0. The molecule has 2 aliphatic carbocycles. The molecule has 1 atom stereocenters. The summed E-state index contributed by atoms with van der Waals surface area (Å²) in [5, 5.41) is 15.7. The summed E-state index contributed by atoms with van der Waals surface area (Å²) in [5.74, 6) is -2.57. The Bertz CT molecular complexity index is 1250. The monoisotopic (exact) mass is 594 g/mol. The Hall–Kier alpha value is -2.37. The molecule has 2 aromatic heterocycles. The Balaban J connectivity index is 1.55. The zero-order chi connectivity index (χ0) is 28.0. The third kappa shape index (κ3) is 5.24. The number of nitrogens with zero attached hydrogens (tertiary/aromatic N) is 3. The number of alkyl halides is 3. The molecule has 8 nitrogen and oxygen atoms in total. The summed E-state index contributed by atoms with van der Waals surface area (Å²) < 4.78 is 43.5. The van der Waals surface area contributed by atoms with Gasteiger partial charge >= 0.3 is 12.1 Å². The molecule has 1 amide bonds. The highest BCUT2D eigenvalue weighted by molar-refractivity contribution is 6.39. The number of aliphatic carboxylic acids is 1. The summed E-state index contributed by atoms with van der Waals surface area (Å²) in [6, 6.07) is -1.87. The first-order valence-electron chi connectivity index (χ1n) is 11.9. The van der Waals surface area contributed by atoms with Crippen molar-refractivity contribution in [3.05, 3.63) is 44.9 Å². The van der Waals surface area contributed by atoms with Crippen LogP contribution in [0.15, 0.2) is 18.6 Å². The Morgan fingerprint density at radius 1 is 1.11 bits per heavy atom. The predicted molar refractivity (Wildman–Crippen MR) is 133 cm³/mol. The number of ketones is 1. The van der Waals surface area contributed by atoms with E-state index >= 15 is 0 Å². The van der Waals surface area contributed by atoms with E-state index in [-0.39, 0.29) is 45.2 Å². The van der Waals surface area contributed by atoms with Crippen molar-refractivity contribution in [1.29, 1.82) is 0 Å². The molecule has 2 N–H and O–H groups in total. The van der Waals surface area contributed by atoms with Crippen molar-refractivity contribution >= 4 is 52.5 Å². The van der Waals surface area contributed by atoms with Crippen LogP contribution >= 0.6 is 34.8 Å². The maximum absolute atomic E-state index is 14.0. The van der Waals surface area contributed by atoms with Gasteiger partial charge < -0.3 is 10.4 Å². The SMILES string of the molecule is CC1(C(=O)O)CCC(n2ncc(C(=O)NC(CC(=O)c3c(Cl)cncc3Cl)C3(C(F)(F)F)CC3)c2Cl)CC1. The molecule has 38 heavy (non-hydrogen) atoms. The molecule has 0 saturated heterocycles. The number of aromatic nitrogens is 3. The summed E-state index contributed by atoms with van der Waals surface area (Å²) in [6.07, 6.45) is -0.765. The van der Waals surface area contributed by atoms with Gasteiger partial charge in [0.2, 0.25) is 0 Å². The third-order valence-electron chi connectivity index (χ3n) is 7.75. The molecule has 14 heteroatoms. The number of amides is 1. The number of pyridine rings is 1. The molecular formula is C24H24Cl3F3N4O4. The van der Waals surface area contributed by atoms with Crippen molar-refractivity contribution in [3.8, 4) is 0 Å². The van der Waals surface area contributed by atoms with Crippen LogP contribution in [-0.4, -0.2) is 49.7 Å². The molecule has 4 rings (SSSR count). The lowest BCUT2D eigenvalue weighted by atomic mass is 9.74. The molecule has 2 aliphatic rings. The molecular weight excluding hydrogens is 572 g/mol. The van der Waals surface area contributed by atoms with Crippen LogP contribution in [0.5, 0.6) is 0 Å². The number of hydrogen-bond acceptors (Lipinski definition) is 5. The fraction of sp³-hybridized carbons (Fsp3) is 0.542. The van der Waals surface area contributed by atoms with Crippen molar-refractivity contribution in [2.75, 3.05) is 0 Å². The second-order valence-corrected chi connectivity index (χ2v) is 11.3. The van der Waals surface area contributed by atoms with Crippen molar-refractivity contribution in [3.63, 3.8) is 0 Å². The van der Waals surface area contributed by atoms with E-state index in [1.165, 1.54) is 4.68 Å². The first kappa shape index (κ1) is 28.6. The molecule has 2 saturated carbocycles. The summed E-state index contributed by atoms with van der Waals surface area (Å²) in [4.78, 5) is 41.4. The predicted octanol–water partition coefficient (Wildman–Crippen LogP) is 6.16. The number of carboxylic acid groups (broad SMARTS) is 1. The fourth-order valence-electron chi connectivity index (χ4n) is 5.00. The van der Waals surface area contributed by atoms with Gasteiger partial charge in [-0.25, -0.2) is 0 Å². The summed E-state index contributed by atoms with van der Waals surface area (Å²) >= 11 is 18.5. The number of carbonyl (C=O) groups excluding carboxylic acids is 2. The lowest BCUT2D eigenvalue weighted by Crippen LogP contribution is -2.49. The average Bonchev–Trinajstić information content (AvgIpc) is 3.56. The van der Waals surface area contributed by atoms with Crippen molar-refractivity contribution in [2.45, 2.75) is 70.1 Å². The molecule has 1 unspecified atom stereocenters. The molecule has 0 spiro atoms. The van der Waals surface area contributed by atoms with Crippen LogP contribution in [0.4, 0.5) is 13.2 Å². The van der Waals surface area contributed by atoms with Crippen LogP contribution in [0.3, 0.4) is 0 Å². The van der Waals surface area contributed by atoms with Gasteiger partial charge in [-0.05, 0) is 45.4 Å². The molecule has 0 aromatic carbocycles. The van der Waals surface area contributed by atoms with Gasteiger partial charge in [-0.1, -0.05) is 34.8 Å². The van der Waals surface area contributed by atoms with Crippen molar-refractivity contribution in [1.82, 2.24) is 20.1 Å². The zero-order valence-corrected chi connectivity index (χ0v) is 22.4. The summed E-state index contributed by atoms with van der Waals surface area (Å²) in [5.41, 5.74) is -3.46. The van der Waals surface area contributed by atoms with Gasteiger partial charge in [-0.2, -0.15) is 18.3 Å². The Morgan fingerprint density at radius 2 is 1.68 bits per heavy atom. The Kier molecular flexibility index (Phi) is 7.77. The molecule has 2 heterocycles. The summed E-state index contributed by atoms with van der Waals surface area (Å²) in [7, 11) is 0. The lowest BCUT2D eigenvalue weighted by Gasteiger charge is -2.34. The average molecular weight is 596 g/mol. The van der Waals surface area contributed by atoms with Gasteiger partial charge in [0.25, 0.3) is 5.91 Å². The number of carboxylic acids is 1. The lowest BCUT2D eigenvalue weighted by molar-refractivity contribution is -0.194. The van der Waals surface area contributed by atoms with Gasteiger partial charge in [0, 0.05) is 18.8 Å². The van der Waals surface area contributed by atoms with E-state index in [0.717, 1.165) is 18.6 Å². The largest absolute Gasteiger partial charge is 0.481 e. The number of halogens is 6. The maximum atomic E-state index is 14.0. The van der Waals surface area contributed by atoms with Gasteiger partial charge in [0.15, 0.2) is 5.78 Å². The molecule has 0 bridgehead atoms. The molecule has 0 radical (unpaired) electrons. The molecule has 2 aromatic rings. The van der Waals surface area contributed by atoms with E-state index in [9.17, 15) is 32.7 Å². The third-order valence-corrected chi connectivity index (χ3v) is 8.70. The van der Waals surface area contributed by atoms with Crippen LogP contribution in [0, 0.1) is 10.8 Å². The number of hydrogen-bond donors (Lipinski definition) is 2. The topological polar surface area (TPSA) is 114 Å². The maximum Gasteiger partial charge on any atom is 0.396 e. The molecule has 206 valence electrons. The smallest absolute Gasteiger partial charge is 0.396 e. The van der Waals surface area contributed by atoms with Gasteiger partial charge in [-0.15, -0.1) is 0 Å². The zero-order valence-electron chi connectivity index (χ0n) is 20.1. The molecule has 2 fully saturated rings. The van der Waals surface area contributed by atoms with Crippen LogP contribution in [0.2, 0.25) is 15.2 Å². The highest BCUT2D eigenvalue weighted by Crippen LogP contribution is 2.60. The van der Waals surface area contributed by atoms with Crippen molar-refractivity contribution < 1.29 is 32.7 Å². The van der Waals surface area contributed by atoms with E-state index in [1.54, 1.807) is 6.92 Å². The Labute approximate surface area is 230 Å². The minimum atomic E-state index is -4.68. The second kappa shape index (κ2) is 10.3. The van der Waals surface area contributed by atoms with Crippen LogP contribution in [0.1, 0.15) is 78.6 Å². The molecule has 0 aliphatic heterocycles. The number of Topliss-reactive ketones (excluding diaryl/α,β-unsaturated/α-hetero) is 1. The van der Waals surface area contributed by atoms with Crippen LogP contribution in [0.25, 0.3) is 0 Å². The number of nitrogens with one attached hydrogen (secondary N) is 1. The van der Waals surface area contributed by atoms with Crippen molar-refractivity contribution in [2.24, 2.45) is 10.8 Å². The van der Waals surface area contributed by atoms with Gasteiger partial charge in [-0.3, -0.25) is 24.0 Å². The van der Waals surface area contributed by atoms with Crippen LogP contribution in [-0.2, 0) is 4.79 Å². The van der Waals surface area contributed by atoms with E-state index in [2.05, 4.69) is 15.4 Å². The van der Waals surface area contributed by atoms with E-state index < -0.39 is 47.1 Å². The minimum absolute atomic E-state index is 0.0754. The van der Waals surface area contributed by atoms with Crippen LogP contribution < -0.4 is 5.32 Å². The minimum Gasteiger partial charge on any atom is -0.481 e. The normalized spacial score (nSPS) is 23.5.